The van der Waals surface area contributed by atoms with Gasteiger partial charge in [0, 0.05) is 32.1 Å². The minimum atomic E-state index is -2.61. The van der Waals surface area contributed by atoms with Crippen LogP contribution in [-0.2, 0) is 11.2 Å². The van der Waals surface area contributed by atoms with Crippen LogP contribution in [0.5, 0.6) is 5.75 Å². The lowest BCUT2D eigenvalue weighted by Gasteiger charge is -2.34. The van der Waals surface area contributed by atoms with Gasteiger partial charge in [0.15, 0.2) is 0 Å². The highest BCUT2D eigenvalue weighted by Crippen LogP contribution is 2.39. The number of carbonyl (C=O) groups excluding carboxylic acids is 1. The van der Waals surface area contributed by atoms with E-state index in [1.807, 2.05) is 13.8 Å². The number of amides is 1. The molecule has 20 heavy (non-hydrogen) atoms. The third-order valence-corrected chi connectivity index (χ3v) is 2.69. The molecule has 0 bridgehead atoms. The molecule has 6 heteroatoms. The zero-order chi connectivity index (χ0) is 15.3. The van der Waals surface area contributed by atoms with Crippen molar-refractivity contribution in [1.29, 1.82) is 0 Å². The molecule has 0 atom stereocenters. The number of nitrogens with zero attached hydrogens (tertiary/aromatic N) is 1. The topological polar surface area (TPSA) is 65.2 Å². The van der Waals surface area contributed by atoms with Gasteiger partial charge in [0.2, 0.25) is 5.91 Å². The highest BCUT2D eigenvalue weighted by atomic mass is 19.3. The molecule has 0 saturated heterocycles. The van der Waals surface area contributed by atoms with E-state index in [-0.39, 0.29) is 20.7 Å². The summed E-state index contributed by atoms with van der Waals surface area (Å²) >= 11 is 0. The Balaban J connectivity index is 0.00000128. The van der Waals surface area contributed by atoms with Crippen LogP contribution in [0, 0.1) is 6.92 Å². The molecule has 2 rings (SSSR count). The second-order valence-electron chi connectivity index (χ2n) is 4.58. The molecular weight excluding hydrogens is 266 g/mol. The quantitative estimate of drug-likeness (QED) is 0.926. The van der Waals surface area contributed by atoms with Crippen molar-refractivity contribution in [3.63, 3.8) is 0 Å². The van der Waals surface area contributed by atoms with Crippen LogP contribution in [0.2, 0.25) is 0 Å². The van der Waals surface area contributed by atoms with Crippen LogP contribution in [-0.4, -0.2) is 22.9 Å². The Hall–Kier alpha value is -1.72. The molecule has 1 aromatic rings. The van der Waals surface area contributed by atoms with Crippen molar-refractivity contribution in [2.24, 2.45) is 5.73 Å². The van der Waals surface area contributed by atoms with Gasteiger partial charge in [-0.3, -0.25) is 9.78 Å². The van der Waals surface area contributed by atoms with E-state index in [1.54, 1.807) is 19.1 Å². The molecule has 1 saturated carbocycles. The molecule has 0 aromatic carbocycles. The summed E-state index contributed by atoms with van der Waals surface area (Å²) in [4.78, 5) is 14.9. The molecule has 1 aliphatic rings. The summed E-state index contributed by atoms with van der Waals surface area (Å²) < 4.78 is 30.8. The van der Waals surface area contributed by atoms with Gasteiger partial charge in [0.25, 0.3) is 5.92 Å². The predicted octanol–water partition coefficient (Wildman–Crippen LogP) is 2.87. The van der Waals surface area contributed by atoms with Crippen LogP contribution >= 0.6 is 0 Å². The van der Waals surface area contributed by atoms with E-state index in [9.17, 15) is 13.6 Å². The van der Waals surface area contributed by atoms with Gasteiger partial charge in [-0.15, -0.1) is 0 Å². The number of nitrogens with two attached hydrogens (primary N) is 1. The van der Waals surface area contributed by atoms with Crippen molar-refractivity contribution < 1.29 is 19.7 Å². The summed E-state index contributed by atoms with van der Waals surface area (Å²) in [5.74, 6) is -2.64. The summed E-state index contributed by atoms with van der Waals surface area (Å²) in [6.45, 7) is 5.74. The summed E-state index contributed by atoms with van der Waals surface area (Å²) in [5, 5.41) is 0. The van der Waals surface area contributed by atoms with E-state index in [1.165, 1.54) is 0 Å². The van der Waals surface area contributed by atoms with Crippen LogP contribution in [0.25, 0.3) is 0 Å². The highest BCUT2D eigenvalue weighted by molar-refractivity contribution is 5.76. The lowest BCUT2D eigenvalue weighted by Crippen LogP contribution is -2.43. The van der Waals surface area contributed by atoms with Gasteiger partial charge in [0.05, 0.1) is 12.1 Å². The maximum Gasteiger partial charge on any atom is 0.255 e. The Labute approximate surface area is 118 Å². The first kappa shape index (κ1) is 16.3. The fourth-order valence-electron chi connectivity index (χ4n) is 1.92. The fraction of sp³-hybridized carbons (Fsp3) is 0.571. The van der Waals surface area contributed by atoms with Gasteiger partial charge in [-0.1, -0.05) is 13.8 Å². The van der Waals surface area contributed by atoms with Gasteiger partial charge in [-0.05, 0) is 6.92 Å². The number of primary amides is 1. The molecule has 2 N–H and O–H groups in total. The maximum absolute atomic E-state index is 12.7. The minimum absolute atomic E-state index is 0. The molecule has 1 amide bonds. The standard InChI is InChI=1S/C12H14F2N2O2.C2H6.H2/c1-7-2-9(3-8(16-7)4-11(15)17)18-10-5-12(13,14)6-10;1-2;/h2-3,10H,4-6H2,1H3,(H2,15,17);1-2H3;1H. The lowest BCUT2D eigenvalue weighted by atomic mass is 9.91. The van der Waals surface area contributed by atoms with E-state index in [0.29, 0.717) is 17.1 Å². The Kier molecular flexibility index (Phi) is 5.42. The van der Waals surface area contributed by atoms with E-state index in [0.717, 1.165) is 0 Å². The number of aryl methyl sites for hydroxylation is 1. The minimum Gasteiger partial charge on any atom is -0.490 e. The van der Waals surface area contributed by atoms with Crippen molar-refractivity contribution in [2.75, 3.05) is 0 Å². The summed E-state index contributed by atoms with van der Waals surface area (Å²) in [7, 11) is 0. The number of alkyl halides is 2. The first-order chi connectivity index (χ1) is 9.34. The Morgan fingerprint density at radius 1 is 1.50 bits per heavy atom. The average Bonchev–Trinajstić information content (AvgIpc) is 2.27. The average molecular weight is 288 g/mol. The molecule has 0 spiro atoms. The first-order valence-corrected chi connectivity index (χ1v) is 6.64. The van der Waals surface area contributed by atoms with Gasteiger partial charge >= 0.3 is 0 Å². The van der Waals surface area contributed by atoms with Crippen molar-refractivity contribution >= 4 is 5.91 Å². The largest absolute Gasteiger partial charge is 0.490 e. The monoisotopic (exact) mass is 288 g/mol. The third-order valence-electron chi connectivity index (χ3n) is 2.69. The molecule has 0 radical (unpaired) electrons. The Morgan fingerprint density at radius 3 is 2.60 bits per heavy atom. The second kappa shape index (κ2) is 6.63. The van der Waals surface area contributed by atoms with Crippen LogP contribution < -0.4 is 10.5 Å². The normalized spacial score (nSPS) is 16.6. The van der Waals surface area contributed by atoms with Crippen LogP contribution in [0.3, 0.4) is 0 Å². The number of pyridine rings is 1. The van der Waals surface area contributed by atoms with Crippen LogP contribution in [0.4, 0.5) is 8.78 Å². The summed E-state index contributed by atoms with van der Waals surface area (Å²) in [5.41, 5.74) is 6.23. The molecule has 0 aliphatic heterocycles. The predicted molar refractivity (Wildman–Crippen MR) is 73.9 cm³/mol. The Bertz CT molecular complexity index is 476. The van der Waals surface area contributed by atoms with E-state index in [4.69, 9.17) is 10.5 Å². The summed E-state index contributed by atoms with van der Waals surface area (Å²) in [6, 6.07) is 3.22. The fourth-order valence-corrected chi connectivity index (χ4v) is 1.92. The van der Waals surface area contributed by atoms with Crippen molar-refractivity contribution in [1.82, 2.24) is 4.98 Å². The van der Waals surface area contributed by atoms with Gasteiger partial charge in [-0.2, -0.15) is 0 Å². The number of halogens is 2. The number of rotatable bonds is 4. The zero-order valence-corrected chi connectivity index (χ0v) is 12.0. The molecular formula is C14H22F2N2O2. The van der Waals surface area contributed by atoms with Crippen molar-refractivity contribution in [3.05, 3.63) is 23.5 Å². The lowest BCUT2D eigenvalue weighted by molar-refractivity contribution is -0.134. The molecule has 1 heterocycles. The molecule has 114 valence electrons. The van der Waals surface area contributed by atoms with Crippen molar-refractivity contribution in [3.8, 4) is 5.75 Å². The first-order valence-electron chi connectivity index (χ1n) is 6.64. The Morgan fingerprint density at radius 2 is 2.10 bits per heavy atom. The molecule has 1 fully saturated rings. The SMILES string of the molecule is CC.Cc1cc(OC2CC(F)(F)C2)cc(CC(N)=O)n1.[HH]. The van der Waals surface area contributed by atoms with E-state index in [2.05, 4.69) is 4.98 Å². The van der Waals surface area contributed by atoms with E-state index >= 15 is 0 Å². The van der Waals surface area contributed by atoms with Crippen molar-refractivity contribution in [2.45, 2.75) is 52.1 Å². The molecule has 1 aliphatic carbocycles. The molecule has 0 unspecified atom stereocenters. The number of ether oxygens (including phenoxy) is 1. The molecule has 4 nitrogen and oxygen atoms in total. The maximum atomic E-state index is 12.7. The van der Waals surface area contributed by atoms with Gasteiger partial charge in [-0.25, -0.2) is 8.78 Å². The van der Waals surface area contributed by atoms with Gasteiger partial charge < -0.3 is 10.5 Å². The number of hydrogen-bond acceptors (Lipinski definition) is 3. The van der Waals surface area contributed by atoms with Crippen LogP contribution in [0.15, 0.2) is 12.1 Å². The smallest absolute Gasteiger partial charge is 0.255 e. The molecule has 1 aromatic heterocycles. The summed E-state index contributed by atoms with van der Waals surface area (Å²) in [6.07, 6.45) is -0.985. The zero-order valence-electron chi connectivity index (χ0n) is 12.0. The van der Waals surface area contributed by atoms with Crippen LogP contribution in [0.1, 0.15) is 39.5 Å². The van der Waals surface area contributed by atoms with Gasteiger partial charge in [0.1, 0.15) is 11.9 Å². The number of aromatic nitrogens is 1. The number of carbonyl (C=O) groups is 1. The van der Waals surface area contributed by atoms with E-state index < -0.39 is 17.9 Å². The number of hydrogen-bond donors (Lipinski definition) is 1. The second-order valence-corrected chi connectivity index (χ2v) is 4.58. The third kappa shape index (κ3) is 4.75. The highest BCUT2D eigenvalue weighted by Gasteiger charge is 2.47.